The molecule has 0 spiro atoms. The Bertz CT molecular complexity index is 2230. The monoisotopic (exact) mass is 921 g/mol. The Morgan fingerprint density at radius 3 is 1.35 bits per heavy atom. The van der Waals surface area contributed by atoms with Crippen LogP contribution in [0.2, 0.25) is 0 Å². The first-order chi connectivity index (χ1) is 30.7. The highest BCUT2D eigenvalue weighted by Crippen LogP contribution is 2.41. The molecule has 356 valence electrons. The van der Waals surface area contributed by atoms with E-state index in [4.69, 9.17) is 0 Å². The molecular formula is C53H72N6O6S. The zero-order chi connectivity index (χ0) is 49.7. The molecule has 0 unspecified atom stereocenters. The smallest absolute Gasteiger partial charge is 0.256 e. The van der Waals surface area contributed by atoms with Crippen molar-refractivity contribution in [3.63, 3.8) is 0 Å². The Balaban J connectivity index is 0.000000217. The summed E-state index contributed by atoms with van der Waals surface area (Å²) in [5, 5.41) is 0. The number of amides is 6. The van der Waals surface area contributed by atoms with Crippen LogP contribution in [0, 0.1) is 16.2 Å². The van der Waals surface area contributed by atoms with Crippen LogP contribution in [0.5, 0.6) is 0 Å². The Labute approximate surface area is 398 Å². The first kappa shape index (κ1) is 52.9. The number of nitrogens with zero attached hydrogens (tertiary/aromatic N) is 6. The van der Waals surface area contributed by atoms with Gasteiger partial charge in [0, 0.05) is 54.1 Å². The molecule has 0 aliphatic carbocycles. The molecule has 0 saturated carbocycles. The largest absolute Gasteiger partial charge is 0.323 e. The molecule has 3 aliphatic rings. The topological polar surface area (TPSA) is 122 Å². The maximum Gasteiger partial charge on any atom is 0.256 e. The summed E-state index contributed by atoms with van der Waals surface area (Å²) in [6.45, 7) is 27.7. The molecule has 6 amide bonds. The van der Waals surface area contributed by atoms with Crippen LogP contribution in [-0.4, -0.2) is 134 Å². The van der Waals surface area contributed by atoms with Gasteiger partial charge in [-0.15, -0.1) is 13.2 Å². The van der Waals surface area contributed by atoms with Gasteiger partial charge in [-0.05, 0) is 61.8 Å². The summed E-state index contributed by atoms with van der Waals surface area (Å²) in [7, 11) is 5.30. The van der Waals surface area contributed by atoms with Crippen molar-refractivity contribution >= 4 is 47.2 Å². The van der Waals surface area contributed by atoms with E-state index < -0.39 is 11.6 Å². The van der Waals surface area contributed by atoms with Crippen molar-refractivity contribution in [2.75, 3.05) is 33.2 Å². The third-order valence-corrected chi connectivity index (χ3v) is 12.9. The molecule has 6 rings (SSSR count). The first-order valence-corrected chi connectivity index (χ1v) is 23.8. The molecule has 3 aromatic rings. The van der Waals surface area contributed by atoms with Gasteiger partial charge in [-0.2, -0.15) is 11.8 Å². The number of benzene rings is 3. The lowest BCUT2D eigenvalue weighted by Crippen LogP contribution is -2.54. The van der Waals surface area contributed by atoms with Crippen molar-refractivity contribution in [2.45, 2.75) is 112 Å². The lowest BCUT2D eigenvalue weighted by atomic mass is 9.89. The zero-order valence-corrected chi connectivity index (χ0v) is 42.4. The molecule has 3 fully saturated rings. The lowest BCUT2D eigenvalue weighted by Gasteiger charge is -2.40. The second-order valence-electron chi connectivity index (χ2n) is 20.6. The number of carbonyl (C=O) groups is 6. The number of rotatable bonds is 8. The van der Waals surface area contributed by atoms with Crippen molar-refractivity contribution in [1.29, 1.82) is 0 Å². The normalized spacial score (nSPS) is 23.3. The van der Waals surface area contributed by atoms with Gasteiger partial charge in [0.1, 0.15) is 36.1 Å². The highest BCUT2D eigenvalue weighted by Gasteiger charge is 2.57. The highest BCUT2D eigenvalue weighted by molar-refractivity contribution is 7.98. The second-order valence-corrected chi connectivity index (χ2v) is 21.5. The molecule has 3 heterocycles. The standard InChI is InChI=1S/C18H26N2O2S.C18H24N2O2.C17H22N2O2/c1-18(2,3)17-19(4)16(22)14(11-12-23-5)20(17)15(21)13-9-7-6-8-10-13;1-7-18(5)16(22)19(6)15(17(2,3)4)20(18)14(21)13-11-9-8-10-12-13;1-6-13-15(21)18(5)16(17(2,3)4)19(13)14(20)12-10-8-7-9-11-12/h6-10,14,17H,11-12H2,1-5H3;7-12,15H,1H2,2-6H3;6-11,13,16H,1H2,2-5H3/t14-,17-;15-,18+;13-,16-/m000/s1. The minimum Gasteiger partial charge on any atom is -0.323 e. The van der Waals surface area contributed by atoms with Gasteiger partial charge in [0.25, 0.3) is 29.5 Å². The van der Waals surface area contributed by atoms with Crippen LogP contribution < -0.4 is 0 Å². The molecule has 13 heteroatoms. The molecule has 0 bridgehead atoms. The second kappa shape index (κ2) is 20.9. The summed E-state index contributed by atoms with van der Waals surface area (Å²) >= 11 is 1.70. The Kier molecular flexibility index (Phi) is 16.7. The predicted octanol–water partition coefficient (Wildman–Crippen LogP) is 8.54. The Morgan fingerprint density at radius 2 is 0.970 bits per heavy atom. The molecule has 12 nitrogen and oxygen atoms in total. The van der Waals surface area contributed by atoms with E-state index in [-0.39, 0.29) is 76.2 Å². The van der Waals surface area contributed by atoms with Crippen LogP contribution in [0.4, 0.5) is 0 Å². The van der Waals surface area contributed by atoms with Crippen LogP contribution in [-0.2, 0) is 14.4 Å². The molecule has 66 heavy (non-hydrogen) atoms. The summed E-state index contributed by atoms with van der Waals surface area (Å²) in [4.78, 5) is 87.1. The summed E-state index contributed by atoms with van der Waals surface area (Å²) in [5.74, 6) is 0.358. The number of hydrogen-bond acceptors (Lipinski definition) is 7. The van der Waals surface area contributed by atoms with Gasteiger partial charge in [-0.3, -0.25) is 33.7 Å². The van der Waals surface area contributed by atoms with Crippen LogP contribution in [0.3, 0.4) is 0 Å². The van der Waals surface area contributed by atoms with Crippen LogP contribution in [0.15, 0.2) is 116 Å². The average molecular weight is 921 g/mol. The summed E-state index contributed by atoms with van der Waals surface area (Å²) < 4.78 is 0. The van der Waals surface area contributed by atoms with E-state index in [0.717, 1.165) is 5.75 Å². The quantitative estimate of drug-likeness (QED) is 0.208. The van der Waals surface area contributed by atoms with Gasteiger partial charge < -0.3 is 24.5 Å². The zero-order valence-electron chi connectivity index (χ0n) is 41.6. The predicted molar refractivity (Wildman–Crippen MR) is 265 cm³/mol. The molecule has 6 atom stereocenters. The van der Waals surface area contributed by atoms with E-state index in [2.05, 4.69) is 33.9 Å². The maximum atomic E-state index is 13.1. The molecule has 0 radical (unpaired) electrons. The van der Waals surface area contributed by atoms with E-state index >= 15 is 0 Å². The highest BCUT2D eigenvalue weighted by atomic mass is 32.2. The van der Waals surface area contributed by atoms with Crippen LogP contribution in [0.1, 0.15) is 107 Å². The SMILES string of the molecule is C=C[C@H]1C(=O)N(C)[C@H](C(C)(C)C)N1C(=O)c1ccccc1.C=C[C@]1(C)C(=O)N(C)[C@H](C(C)(C)C)N1C(=O)c1ccccc1.CSCC[C@H]1C(=O)N(C)[C@H](C(C)(C)C)N1C(=O)c1ccccc1. The van der Waals surface area contributed by atoms with Gasteiger partial charge in [0.15, 0.2) is 0 Å². The van der Waals surface area contributed by atoms with Gasteiger partial charge in [0.05, 0.1) is 0 Å². The van der Waals surface area contributed by atoms with E-state index in [1.165, 1.54) is 0 Å². The maximum absolute atomic E-state index is 13.1. The van der Waals surface area contributed by atoms with Gasteiger partial charge in [-0.1, -0.05) is 129 Å². The third-order valence-electron chi connectivity index (χ3n) is 12.3. The molecule has 0 N–H and O–H groups in total. The van der Waals surface area contributed by atoms with Crippen molar-refractivity contribution in [2.24, 2.45) is 16.2 Å². The minimum absolute atomic E-state index is 0.0447. The fraction of sp³-hybridized carbons (Fsp3) is 0.472. The number of carbonyl (C=O) groups excluding carboxylic acids is 6. The van der Waals surface area contributed by atoms with Crippen molar-refractivity contribution < 1.29 is 28.8 Å². The first-order valence-electron chi connectivity index (χ1n) is 22.4. The fourth-order valence-electron chi connectivity index (χ4n) is 9.47. The number of thioether (sulfide) groups is 1. The molecular weight excluding hydrogens is 849 g/mol. The minimum atomic E-state index is -1.03. The van der Waals surface area contributed by atoms with E-state index in [9.17, 15) is 28.8 Å². The van der Waals surface area contributed by atoms with E-state index in [0.29, 0.717) is 23.1 Å². The summed E-state index contributed by atoms with van der Waals surface area (Å²) in [6, 6.07) is 26.4. The fourth-order valence-corrected chi connectivity index (χ4v) is 9.92. The molecule has 3 saturated heterocycles. The van der Waals surface area contributed by atoms with E-state index in [1.54, 1.807) is 98.6 Å². The van der Waals surface area contributed by atoms with Gasteiger partial charge >= 0.3 is 0 Å². The average Bonchev–Trinajstić information content (AvgIpc) is 3.79. The van der Waals surface area contributed by atoms with Crippen molar-refractivity contribution in [1.82, 2.24) is 29.4 Å². The molecule has 0 aromatic heterocycles. The van der Waals surface area contributed by atoms with Crippen LogP contribution in [0.25, 0.3) is 0 Å². The summed E-state index contributed by atoms with van der Waals surface area (Å²) in [6.07, 6.45) is 4.98. The number of hydrogen-bond donors (Lipinski definition) is 0. The third kappa shape index (κ3) is 10.8. The van der Waals surface area contributed by atoms with E-state index in [1.807, 2.05) is 122 Å². The Morgan fingerprint density at radius 1 is 0.591 bits per heavy atom. The van der Waals surface area contributed by atoms with Gasteiger partial charge in [-0.25, -0.2) is 0 Å². The summed E-state index contributed by atoms with van der Waals surface area (Å²) in [5.41, 5.74) is 0.0544. The molecule has 3 aromatic carbocycles. The number of likely N-dealkylation sites (N-methyl/N-ethyl adjacent to an activating group) is 3. The van der Waals surface area contributed by atoms with Crippen molar-refractivity contribution in [3.8, 4) is 0 Å². The lowest BCUT2D eigenvalue weighted by molar-refractivity contribution is -0.131. The van der Waals surface area contributed by atoms with Gasteiger partial charge in [0.2, 0.25) is 5.91 Å². The Hall–Kier alpha value is -5.69. The van der Waals surface area contributed by atoms with Crippen molar-refractivity contribution in [3.05, 3.63) is 133 Å². The van der Waals surface area contributed by atoms with Crippen LogP contribution >= 0.6 is 11.8 Å². The molecule has 3 aliphatic heterocycles.